The first-order valence-electron chi connectivity index (χ1n) is 8.76. The Morgan fingerprint density at radius 3 is 2.24 bits per heavy atom. The standard InChI is InChI=1S/C18H22ClF3N2O/c19-16-12-13(6-7-15(16)18(20,21)22)17(25)24-10-8-23(9-11-24)14-4-2-1-3-5-14/h6-7,12,14H,1-5,8-11H2. The third kappa shape index (κ3) is 4.29. The van der Waals surface area contributed by atoms with E-state index in [1.54, 1.807) is 4.90 Å². The minimum absolute atomic E-state index is 0.212. The molecule has 1 saturated heterocycles. The van der Waals surface area contributed by atoms with Crippen LogP contribution in [0.4, 0.5) is 13.2 Å². The molecule has 1 aromatic rings. The molecular weight excluding hydrogens is 353 g/mol. The molecule has 0 unspecified atom stereocenters. The van der Waals surface area contributed by atoms with Crippen LogP contribution in [0.2, 0.25) is 5.02 Å². The Kier molecular flexibility index (Phi) is 5.58. The van der Waals surface area contributed by atoms with E-state index in [1.165, 1.54) is 38.2 Å². The van der Waals surface area contributed by atoms with Crippen molar-refractivity contribution in [3.05, 3.63) is 34.3 Å². The molecule has 1 aromatic carbocycles. The van der Waals surface area contributed by atoms with Gasteiger partial charge in [0, 0.05) is 37.8 Å². The number of hydrogen-bond donors (Lipinski definition) is 0. The Morgan fingerprint density at radius 2 is 1.68 bits per heavy atom. The molecule has 0 aromatic heterocycles. The third-order valence-corrected chi connectivity index (χ3v) is 5.53. The first-order chi connectivity index (χ1) is 11.9. The van der Waals surface area contributed by atoms with E-state index >= 15 is 0 Å². The molecule has 0 bridgehead atoms. The Hall–Kier alpha value is -1.27. The zero-order valence-electron chi connectivity index (χ0n) is 14.0. The average molecular weight is 375 g/mol. The second-order valence-electron chi connectivity index (χ2n) is 6.81. The van der Waals surface area contributed by atoms with Crippen molar-refractivity contribution in [1.82, 2.24) is 9.80 Å². The minimum Gasteiger partial charge on any atom is -0.336 e. The number of carbonyl (C=O) groups excluding carboxylic acids is 1. The van der Waals surface area contributed by atoms with Gasteiger partial charge in [-0.25, -0.2) is 0 Å². The van der Waals surface area contributed by atoms with Crippen molar-refractivity contribution in [2.24, 2.45) is 0 Å². The lowest BCUT2D eigenvalue weighted by Gasteiger charge is -2.40. The van der Waals surface area contributed by atoms with Crippen molar-refractivity contribution in [1.29, 1.82) is 0 Å². The number of rotatable bonds is 2. The van der Waals surface area contributed by atoms with Crippen molar-refractivity contribution in [2.45, 2.75) is 44.3 Å². The zero-order valence-corrected chi connectivity index (χ0v) is 14.7. The highest BCUT2D eigenvalue weighted by molar-refractivity contribution is 6.31. The predicted octanol–water partition coefficient (Wildman–Crippen LogP) is 4.45. The molecule has 25 heavy (non-hydrogen) atoms. The van der Waals surface area contributed by atoms with E-state index in [1.807, 2.05) is 0 Å². The molecule has 2 fully saturated rings. The fraction of sp³-hybridized carbons (Fsp3) is 0.611. The summed E-state index contributed by atoms with van der Waals surface area (Å²) in [6, 6.07) is 3.84. The Morgan fingerprint density at radius 1 is 1.04 bits per heavy atom. The molecule has 138 valence electrons. The van der Waals surface area contributed by atoms with Crippen LogP contribution in [-0.2, 0) is 6.18 Å². The maximum atomic E-state index is 12.8. The summed E-state index contributed by atoms with van der Waals surface area (Å²) >= 11 is 5.72. The number of amides is 1. The van der Waals surface area contributed by atoms with Gasteiger partial charge in [0.05, 0.1) is 10.6 Å². The molecule has 0 N–H and O–H groups in total. The summed E-state index contributed by atoms with van der Waals surface area (Å²) in [4.78, 5) is 16.7. The first kappa shape index (κ1) is 18.5. The average Bonchev–Trinajstić information content (AvgIpc) is 2.61. The van der Waals surface area contributed by atoms with Crippen LogP contribution in [0.25, 0.3) is 0 Å². The van der Waals surface area contributed by atoms with Gasteiger partial charge in [-0.05, 0) is 31.0 Å². The van der Waals surface area contributed by atoms with E-state index in [2.05, 4.69) is 4.90 Å². The lowest BCUT2D eigenvalue weighted by Crippen LogP contribution is -2.52. The highest BCUT2D eigenvalue weighted by Gasteiger charge is 2.34. The molecule has 3 rings (SSSR count). The largest absolute Gasteiger partial charge is 0.417 e. The fourth-order valence-electron chi connectivity index (χ4n) is 3.80. The van der Waals surface area contributed by atoms with Crippen molar-refractivity contribution in [3.63, 3.8) is 0 Å². The monoisotopic (exact) mass is 374 g/mol. The number of carbonyl (C=O) groups is 1. The maximum absolute atomic E-state index is 12.8. The molecule has 0 radical (unpaired) electrons. The van der Waals surface area contributed by atoms with E-state index in [9.17, 15) is 18.0 Å². The molecule has 1 aliphatic carbocycles. The van der Waals surface area contributed by atoms with Crippen LogP contribution < -0.4 is 0 Å². The van der Waals surface area contributed by atoms with Crippen LogP contribution >= 0.6 is 11.6 Å². The summed E-state index contributed by atoms with van der Waals surface area (Å²) in [6.45, 7) is 2.86. The fourth-order valence-corrected chi connectivity index (χ4v) is 4.08. The number of piperazine rings is 1. The number of hydrogen-bond acceptors (Lipinski definition) is 2. The second-order valence-corrected chi connectivity index (χ2v) is 7.22. The predicted molar refractivity (Wildman–Crippen MR) is 90.8 cm³/mol. The number of halogens is 4. The molecule has 1 amide bonds. The van der Waals surface area contributed by atoms with Gasteiger partial charge < -0.3 is 4.90 Å². The molecule has 0 spiro atoms. The topological polar surface area (TPSA) is 23.6 Å². The molecule has 1 aliphatic heterocycles. The summed E-state index contributed by atoms with van der Waals surface area (Å²) < 4.78 is 38.3. The number of benzene rings is 1. The SMILES string of the molecule is O=C(c1ccc(C(F)(F)F)c(Cl)c1)N1CCN(C2CCCCC2)CC1. The smallest absolute Gasteiger partial charge is 0.336 e. The van der Waals surface area contributed by atoms with Crippen molar-refractivity contribution >= 4 is 17.5 Å². The molecule has 1 heterocycles. The Bertz CT molecular complexity index is 621. The highest BCUT2D eigenvalue weighted by atomic mass is 35.5. The van der Waals surface area contributed by atoms with Crippen LogP contribution in [0.15, 0.2) is 18.2 Å². The van der Waals surface area contributed by atoms with E-state index in [0.717, 1.165) is 25.2 Å². The molecule has 1 saturated carbocycles. The van der Waals surface area contributed by atoms with Gasteiger partial charge in [0.2, 0.25) is 0 Å². The molecule has 0 atom stereocenters. The highest BCUT2D eigenvalue weighted by Crippen LogP contribution is 2.35. The van der Waals surface area contributed by atoms with Crippen LogP contribution in [0.3, 0.4) is 0 Å². The first-order valence-corrected chi connectivity index (χ1v) is 9.14. The quantitative estimate of drug-likeness (QED) is 0.763. The summed E-state index contributed by atoms with van der Waals surface area (Å²) in [6.07, 6.45) is 1.79. The number of nitrogens with zero attached hydrogens (tertiary/aromatic N) is 2. The summed E-state index contributed by atoms with van der Waals surface area (Å²) in [5, 5.41) is -0.431. The van der Waals surface area contributed by atoms with Gasteiger partial charge in [-0.3, -0.25) is 9.69 Å². The van der Waals surface area contributed by atoms with Crippen molar-refractivity contribution in [3.8, 4) is 0 Å². The van der Waals surface area contributed by atoms with Gasteiger partial charge in [-0.2, -0.15) is 13.2 Å². The van der Waals surface area contributed by atoms with Gasteiger partial charge in [0.1, 0.15) is 0 Å². The lowest BCUT2D eigenvalue weighted by molar-refractivity contribution is -0.137. The Labute approximate surface area is 150 Å². The van der Waals surface area contributed by atoms with E-state index in [-0.39, 0.29) is 11.5 Å². The van der Waals surface area contributed by atoms with Gasteiger partial charge in [-0.1, -0.05) is 30.9 Å². The lowest BCUT2D eigenvalue weighted by atomic mass is 9.94. The second kappa shape index (κ2) is 7.54. The van der Waals surface area contributed by atoms with Gasteiger partial charge >= 0.3 is 6.18 Å². The normalized spacial score (nSPS) is 20.7. The minimum atomic E-state index is -4.51. The van der Waals surface area contributed by atoms with Gasteiger partial charge in [0.25, 0.3) is 5.91 Å². The maximum Gasteiger partial charge on any atom is 0.417 e. The van der Waals surface area contributed by atoms with E-state index < -0.39 is 16.8 Å². The van der Waals surface area contributed by atoms with E-state index in [4.69, 9.17) is 11.6 Å². The summed E-state index contributed by atoms with van der Waals surface area (Å²) in [7, 11) is 0. The molecule has 3 nitrogen and oxygen atoms in total. The van der Waals surface area contributed by atoms with Crippen LogP contribution in [0, 0.1) is 0 Å². The van der Waals surface area contributed by atoms with Crippen molar-refractivity contribution < 1.29 is 18.0 Å². The van der Waals surface area contributed by atoms with Crippen LogP contribution in [-0.4, -0.2) is 47.9 Å². The molecular formula is C18H22ClF3N2O. The summed E-state index contributed by atoms with van der Waals surface area (Å²) in [5.41, 5.74) is -0.697. The van der Waals surface area contributed by atoms with Crippen molar-refractivity contribution in [2.75, 3.05) is 26.2 Å². The molecule has 2 aliphatic rings. The Balaban J connectivity index is 1.61. The van der Waals surface area contributed by atoms with Crippen LogP contribution in [0.5, 0.6) is 0 Å². The van der Waals surface area contributed by atoms with Crippen LogP contribution in [0.1, 0.15) is 48.0 Å². The van der Waals surface area contributed by atoms with Gasteiger partial charge in [0.15, 0.2) is 0 Å². The molecule has 7 heteroatoms. The summed E-state index contributed by atoms with van der Waals surface area (Å²) in [5.74, 6) is -0.251. The number of alkyl halides is 3. The van der Waals surface area contributed by atoms with E-state index in [0.29, 0.717) is 19.1 Å². The zero-order chi connectivity index (χ0) is 18.0. The third-order valence-electron chi connectivity index (χ3n) is 5.21. The van der Waals surface area contributed by atoms with Gasteiger partial charge in [-0.15, -0.1) is 0 Å².